The van der Waals surface area contributed by atoms with Gasteiger partial charge in [-0.05, 0) is 36.6 Å². The van der Waals surface area contributed by atoms with Gasteiger partial charge in [0.15, 0.2) is 0 Å². The largest absolute Gasteiger partial charge is 0.380 e. The minimum Gasteiger partial charge on any atom is -0.380 e. The van der Waals surface area contributed by atoms with E-state index in [4.69, 9.17) is 0 Å². The van der Waals surface area contributed by atoms with E-state index in [-0.39, 0.29) is 5.91 Å². The van der Waals surface area contributed by atoms with Gasteiger partial charge in [-0.2, -0.15) is 0 Å². The number of hydrogen-bond donors (Lipinski definition) is 1. The summed E-state index contributed by atoms with van der Waals surface area (Å²) in [5.41, 5.74) is 2.61. The van der Waals surface area contributed by atoms with Gasteiger partial charge in [0.1, 0.15) is 0 Å². The van der Waals surface area contributed by atoms with Crippen LogP contribution in [0.4, 0.5) is 5.69 Å². The van der Waals surface area contributed by atoms with Gasteiger partial charge in [-0.15, -0.1) is 0 Å². The summed E-state index contributed by atoms with van der Waals surface area (Å²) < 4.78 is 0. The molecule has 0 unspecified atom stereocenters. The third kappa shape index (κ3) is 5.06. The first-order valence-corrected chi connectivity index (χ1v) is 8.11. The number of carbonyl (C=O) groups is 1. The molecule has 5 heteroatoms. The lowest BCUT2D eigenvalue weighted by molar-refractivity contribution is 0.0755. The Morgan fingerprint density at radius 3 is 2.43 bits per heavy atom. The van der Waals surface area contributed by atoms with Gasteiger partial charge in [-0.3, -0.25) is 14.8 Å². The smallest absolute Gasteiger partial charge is 0.255 e. The fourth-order valence-corrected chi connectivity index (χ4v) is 2.40. The van der Waals surface area contributed by atoms with Crippen molar-refractivity contribution in [1.82, 2.24) is 14.9 Å². The molecule has 0 saturated carbocycles. The number of aromatic nitrogens is 2. The van der Waals surface area contributed by atoms with Crippen LogP contribution in [0, 0.1) is 0 Å². The fraction of sp³-hybridized carbons (Fsp3) is 0.389. The standard InChI is InChI=1S/C18H24N4O/c1-3-9-22(10-4-2)18(23)16-11-17(14-20-13-16)21-12-15-5-7-19-8-6-15/h5-8,11,13-14,21H,3-4,9-10,12H2,1-2H3. The number of pyridine rings is 2. The first-order chi connectivity index (χ1) is 11.2. The highest BCUT2D eigenvalue weighted by atomic mass is 16.2. The Bertz CT molecular complexity index is 609. The molecule has 2 aromatic heterocycles. The van der Waals surface area contributed by atoms with Crippen LogP contribution in [0.1, 0.15) is 42.6 Å². The second kappa shape index (κ2) is 8.88. The number of anilines is 1. The van der Waals surface area contributed by atoms with E-state index in [9.17, 15) is 4.79 Å². The second-order valence-corrected chi connectivity index (χ2v) is 5.46. The van der Waals surface area contributed by atoms with Gasteiger partial charge in [-0.1, -0.05) is 13.8 Å². The summed E-state index contributed by atoms with van der Waals surface area (Å²) in [6.45, 7) is 6.40. The van der Waals surface area contributed by atoms with Gasteiger partial charge in [0.2, 0.25) is 0 Å². The fourth-order valence-electron chi connectivity index (χ4n) is 2.40. The zero-order chi connectivity index (χ0) is 16.5. The van der Waals surface area contributed by atoms with Crippen molar-refractivity contribution in [2.75, 3.05) is 18.4 Å². The van der Waals surface area contributed by atoms with Crippen molar-refractivity contribution >= 4 is 11.6 Å². The molecule has 0 spiro atoms. The average Bonchev–Trinajstić information content (AvgIpc) is 2.60. The highest BCUT2D eigenvalue weighted by Crippen LogP contribution is 2.13. The van der Waals surface area contributed by atoms with Crippen molar-refractivity contribution < 1.29 is 4.79 Å². The Morgan fingerprint density at radius 1 is 1.09 bits per heavy atom. The van der Waals surface area contributed by atoms with Crippen LogP contribution in [0.3, 0.4) is 0 Å². The molecule has 1 N–H and O–H groups in total. The molecule has 0 saturated heterocycles. The van der Waals surface area contributed by atoms with Gasteiger partial charge in [0, 0.05) is 44.4 Å². The molecular weight excluding hydrogens is 288 g/mol. The molecule has 122 valence electrons. The zero-order valence-corrected chi connectivity index (χ0v) is 13.8. The topological polar surface area (TPSA) is 58.1 Å². The molecule has 0 bridgehead atoms. The van der Waals surface area contributed by atoms with Crippen LogP contribution in [0.2, 0.25) is 0 Å². The Morgan fingerprint density at radius 2 is 1.78 bits per heavy atom. The molecular formula is C18H24N4O. The van der Waals surface area contributed by atoms with Crippen LogP contribution in [0.15, 0.2) is 43.0 Å². The lowest BCUT2D eigenvalue weighted by Crippen LogP contribution is -2.32. The first kappa shape index (κ1) is 16.9. The number of amides is 1. The Labute approximate surface area is 137 Å². The molecule has 0 atom stereocenters. The van der Waals surface area contributed by atoms with Crippen LogP contribution in [-0.4, -0.2) is 33.9 Å². The van der Waals surface area contributed by atoms with Crippen LogP contribution in [-0.2, 0) is 6.54 Å². The van der Waals surface area contributed by atoms with E-state index in [1.165, 1.54) is 0 Å². The first-order valence-electron chi connectivity index (χ1n) is 8.11. The molecule has 0 aliphatic rings. The number of nitrogens with one attached hydrogen (secondary N) is 1. The SMILES string of the molecule is CCCN(CCC)C(=O)c1cncc(NCc2ccncc2)c1. The molecule has 0 aliphatic carbocycles. The molecule has 0 fully saturated rings. The lowest BCUT2D eigenvalue weighted by Gasteiger charge is -2.21. The summed E-state index contributed by atoms with van der Waals surface area (Å²) in [5, 5.41) is 3.30. The molecule has 1 amide bonds. The zero-order valence-electron chi connectivity index (χ0n) is 13.8. The van der Waals surface area contributed by atoms with Crippen molar-refractivity contribution in [3.8, 4) is 0 Å². The van der Waals surface area contributed by atoms with Gasteiger partial charge in [-0.25, -0.2) is 0 Å². The van der Waals surface area contributed by atoms with Crippen LogP contribution >= 0.6 is 0 Å². The van der Waals surface area contributed by atoms with E-state index in [1.54, 1.807) is 24.8 Å². The number of carbonyl (C=O) groups excluding carboxylic acids is 1. The van der Waals surface area contributed by atoms with Crippen molar-refractivity contribution in [2.45, 2.75) is 33.2 Å². The van der Waals surface area contributed by atoms with Crippen molar-refractivity contribution in [3.63, 3.8) is 0 Å². The maximum Gasteiger partial charge on any atom is 0.255 e. The highest BCUT2D eigenvalue weighted by molar-refractivity contribution is 5.94. The molecule has 5 nitrogen and oxygen atoms in total. The highest BCUT2D eigenvalue weighted by Gasteiger charge is 2.14. The Hall–Kier alpha value is -2.43. The van der Waals surface area contributed by atoms with Gasteiger partial charge in [0.05, 0.1) is 11.3 Å². The Kier molecular flexibility index (Phi) is 6.54. The lowest BCUT2D eigenvalue weighted by atomic mass is 10.2. The summed E-state index contributed by atoms with van der Waals surface area (Å²) in [7, 11) is 0. The van der Waals surface area contributed by atoms with Gasteiger partial charge >= 0.3 is 0 Å². The summed E-state index contributed by atoms with van der Waals surface area (Å²) >= 11 is 0. The number of nitrogens with zero attached hydrogens (tertiary/aromatic N) is 3. The monoisotopic (exact) mass is 312 g/mol. The van der Waals surface area contributed by atoms with E-state index < -0.39 is 0 Å². The average molecular weight is 312 g/mol. The van der Waals surface area contributed by atoms with Crippen LogP contribution in [0.25, 0.3) is 0 Å². The molecule has 2 heterocycles. The minimum atomic E-state index is 0.0498. The number of hydrogen-bond acceptors (Lipinski definition) is 4. The molecule has 0 aromatic carbocycles. The molecule has 0 aliphatic heterocycles. The second-order valence-electron chi connectivity index (χ2n) is 5.46. The van der Waals surface area contributed by atoms with E-state index in [0.717, 1.165) is 37.2 Å². The number of rotatable bonds is 8. The van der Waals surface area contributed by atoms with E-state index in [0.29, 0.717) is 12.1 Å². The molecule has 0 radical (unpaired) electrons. The Balaban J connectivity index is 2.04. The quantitative estimate of drug-likeness (QED) is 0.812. The van der Waals surface area contributed by atoms with Crippen LogP contribution in [0.5, 0.6) is 0 Å². The molecule has 2 aromatic rings. The summed E-state index contributed by atoms with van der Waals surface area (Å²) in [5.74, 6) is 0.0498. The summed E-state index contributed by atoms with van der Waals surface area (Å²) in [6.07, 6.45) is 8.82. The molecule has 23 heavy (non-hydrogen) atoms. The van der Waals surface area contributed by atoms with E-state index >= 15 is 0 Å². The normalized spacial score (nSPS) is 10.3. The maximum absolute atomic E-state index is 12.6. The van der Waals surface area contributed by atoms with Crippen molar-refractivity contribution in [1.29, 1.82) is 0 Å². The predicted octanol–water partition coefficient (Wildman–Crippen LogP) is 3.35. The van der Waals surface area contributed by atoms with E-state index in [2.05, 4.69) is 29.1 Å². The summed E-state index contributed by atoms with van der Waals surface area (Å²) in [4.78, 5) is 22.7. The van der Waals surface area contributed by atoms with Gasteiger partial charge < -0.3 is 10.2 Å². The van der Waals surface area contributed by atoms with Crippen molar-refractivity contribution in [2.24, 2.45) is 0 Å². The summed E-state index contributed by atoms with van der Waals surface area (Å²) in [6, 6.07) is 5.79. The van der Waals surface area contributed by atoms with Crippen LogP contribution < -0.4 is 5.32 Å². The molecule has 2 rings (SSSR count). The van der Waals surface area contributed by atoms with Gasteiger partial charge in [0.25, 0.3) is 5.91 Å². The third-order valence-corrected chi connectivity index (χ3v) is 3.51. The third-order valence-electron chi connectivity index (χ3n) is 3.51. The maximum atomic E-state index is 12.6. The van der Waals surface area contributed by atoms with Crippen molar-refractivity contribution in [3.05, 3.63) is 54.1 Å². The minimum absolute atomic E-state index is 0.0498. The predicted molar refractivity (Wildman–Crippen MR) is 92.3 cm³/mol. The van der Waals surface area contributed by atoms with E-state index in [1.807, 2.05) is 23.1 Å².